The number of hydrogen-bond acceptors (Lipinski definition) is 1. The molecule has 1 N–H and O–H groups in total. The maximum Gasteiger partial charge on any atom is 0.108 e. The van der Waals surface area contributed by atoms with Crippen LogP contribution in [0.25, 0.3) is 0 Å². The zero-order valence-electron chi connectivity index (χ0n) is 5.89. The lowest BCUT2D eigenvalue weighted by molar-refractivity contribution is 0.0246. The second-order valence-electron chi connectivity index (χ2n) is 2.68. The largest absolute Gasteiger partial charge is 0.311 e. The van der Waals surface area contributed by atoms with E-state index in [1.165, 1.54) is 0 Å². The molecule has 0 saturated carbocycles. The summed E-state index contributed by atoms with van der Waals surface area (Å²) in [5.41, 5.74) is 0. The quantitative estimate of drug-likeness (QED) is 0.603. The highest BCUT2D eigenvalue weighted by Crippen LogP contribution is 2.11. The summed E-state index contributed by atoms with van der Waals surface area (Å²) >= 11 is 0. The molecule has 1 heterocycles. The highest BCUT2D eigenvalue weighted by molar-refractivity contribution is 4.83. The lowest BCUT2D eigenvalue weighted by Crippen LogP contribution is -2.50. The summed E-state index contributed by atoms with van der Waals surface area (Å²) in [5.74, 6) is 0. The van der Waals surface area contributed by atoms with Crippen LogP contribution in [0.15, 0.2) is 0 Å². The lowest BCUT2D eigenvalue weighted by Gasteiger charge is -2.30. The first kappa shape index (κ1) is 7.03. The maximum atomic E-state index is 11.0. The van der Waals surface area contributed by atoms with Crippen LogP contribution in [-0.2, 0) is 5.11 Å². The molecule has 0 spiro atoms. The summed E-state index contributed by atoms with van der Waals surface area (Å²) in [6.45, 7) is 3.11. The topological polar surface area (TPSA) is 31.9 Å². The second kappa shape index (κ2) is 3.18. The van der Waals surface area contributed by atoms with Crippen molar-refractivity contribution < 1.29 is 5.11 Å². The molecule has 2 heteroatoms. The van der Waals surface area contributed by atoms with Crippen molar-refractivity contribution in [2.45, 2.75) is 38.3 Å². The van der Waals surface area contributed by atoms with Crippen LogP contribution < -0.4 is 5.32 Å². The molecule has 53 valence electrons. The Labute approximate surface area is 56.3 Å². The van der Waals surface area contributed by atoms with E-state index in [-0.39, 0.29) is 6.10 Å². The van der Waals surface area contributed by atoms with Crippen LogP contribution in [0.4, 0.5) is 0 Å². The SMILES string of the molecule is CCCC([O])C1CCN1. The van der Waals surface area contributed by atoms with Crippen molar-refractivity contribution in [2.24, 2.45) is 0 Å². The van der Waals surface area contributed by atoms with Crippen LogP contribution in [-0.4, -0.2) is 18.7 Å². The third-order valence-corrected chi connectivity index (χ3v) is 1.88. The summed E-state index contributed by atoms with van der Waals surface area (Å²) in [5, 5.41) is 14.2. The molecule has 0 amide bonds. The zero-order valence-corrected chi connectivity index (χ0v) is 5.89. The molecule has 0 aliphatic carbocycles. The van der Waals surface area contributed by atoms with Crippen molar-refractivity contribution in [3.63, 3.8) is 0 Å². The number of nitrogens with one attached hydrogen (secondary N) is 1. The monoisotopic (exact) mass is 128 g/mol. The van der Waals surface area contributed by atoms with Crippen molar-refractivity contribution in [3.05, 3.63) is 0 Å². The van der Waals surface area contributed by atoms with E-state index in [1.54, 1.807) is 0 Å². The van der Waals surface area contributed by atoms with Gasteiger partial charge in [0.1, 0.15) is 6.10 Å². The Kier molecular flexibility index (Phi) is 2.49. The summed E-state index contributed by atoms with van der Waals surface area (Å²) in [4.78, 5) is 0. The first-order chi connectivity index (χ1) is 4.34. The average molecular weight is 128 g/mol. The van der Waals surface area contributed by atoms with E-state index < -0.39 is 0 Å². The first-order valence-electron chi connectivity index (χ1n) is 3.73. The molecule has 0 aromatic rings. The Morgan fingerprint density at radius 1 is 1.78 bits per heavy atom. The Balaban J connectivity index is 2.08. The van der Waals surface area contributed by atoms with Crippen LogP contribution in [0.5, 0.6) is 0 Å². The van der Waals surface area contributed by atoms with Gasteiger partial charge in [-0.15, -0.1) is 0 Å². The second-order valence-corrected chi connectivity index (χ2v) is 2.68. The molecular weight excluding hydrogens is 114 g/mol. The van der Waals surface area contributed by atoms with Gasteiger partial charge in [-0.25, -0.2) is 5.11 Å². The normalized spacial score (nSPS) is 29.3. The Bertz CT molecular complexity index is 81.0. The van der Waals surface area contributed by atoms with Gasteiger partial charge in [-0.1, -0.05) is 13.3 Å². The van der Waals surface area contributed by atoms with E-state index >= 15 is 0 Å². The average Bonchev–Trinajstić information content (AvgIpc) is 1.60. The van der Waals surface area contributed by atoms with Gasteiger partial charge in [0.25, 0.3) is 0 Å². The molecule has 1 aliphatic rings. The van der Waals surface area contributed by atoms with Gasteiger partial charge in [0.2, 0.25) is 0 Å². The molecule has 0 bridgehead atoms. The summed E-state index contributed by atoms with van der Waals surface area (Å²) in [6, 6.07) is 0.296. The van der Waals surface area contributed by atoms with Gasteiger partial charge in [0.05, 0.1) is 0 Å². The highest BCUT2D eigenvalue weighted by atomic mass is 16.3. The fourth-order valence-corrected chi connectivity index (χ4v) is 1.11. The Morgan fingerprint density at radius 3 is 2.78 bits per heavy atom. The minimum absolute atomic E-state index is 0.296. The van der Waals surface area contributed by atoms with Gasteiger partial charge < -0.3 is 5.32 Å². The Morgan fingerprint density at radius 2 is 2.44 bits per heavy atom. The molecule has 1 radical (unpaired) electrons. The van der Waals surface area contributed by atoms with Crippen LogP contribution in [0, 0.1) is 0 Å². The number of rotatable bonds is 3. The molecule has 1 saturated heterocycles. The van der Waals surface area contributed by atoms with Gasteiger partial charge >= 0.3 is 0 Å². The van der Waals surface area contributed by atoms with Crippen LogP contribution in [0.2, 0.25) is 0 Å². The summed E-state index contributed by atoms with van der Waals surface area (Å²) in [7, 11) is 0. The van der Waals surface area contributed by atoms with E-state index in [9.17, 15) is 5.11 Å². The molecule has 2 unspecified atom stereocenters. The van der Waals surface area contributed by atoms with Crippen LogP contribution in [0.1, 0.15) is 26.2 Å². The van der Waals surface area contributed by atoms with Gasteiger partial charge in [-0.3, -0.25) is 0 Å². The van der Waals surface area contributed by atoms with Crippen LogP contribution >= 0.6 is 0 Å². The molecule has 1 fully saturated rings. The van der Waals surface area contributed by atoms with Gasteiger partial charge in [0.15, 0.2) is 0 Å². The molecule has 2 nitrogen and oxygen atoms in total. The fourth-order valence-electron chi connectivity index (χ4n) is 1.11. The van der Waals surface area contributed by atoms with E-state index in [1.807, 2.05) is 0 Å². The predicted octanol–water partition coefficient (Wildman–Crippen LogP) is 0.948. The van der Waals surface area contributed by atoms with Crippen molar-refractivity contribution in [1.82, 2.24) is 5.32 Å². The third kappa shape index (κ3) is 1.66. The number of hydrogen-bond donors (Lipinski definition) is 1. The Hall–Kier alpha value is -0.0800. The summed E-state index contributed by atoms with van der Waals surface area (Å²) < 4.78 is 0. The summed E-state index contributed by atoms with van der Waals surface area (Å²) in [6.07, 6.45) is 2.60. The standard InChI is InChI=1S/C7H14NO/c1-2-3-7(9)6-4-5-8-6/h6-8H,2-5H2,1H3. The first-order valence-corrected chi connectivity index (χ1v) is 3.73. The molecule has 0 aromatic heterocycles. The van der Waals surface area contributed by atoms with E-state index in [4.69, 9.17) is 0 Å². The van der Waals surface area contributed by atoms with Crippen molar-refractivity contribution in [2.75, 3.05) is 6.54 Å². The molecule has 1 aliphatic heterocycles. The van der Waals surface area contributed by atoms with Gasteiger partial charge in [-0.05, 0) is 19.4 Å². The predicted molar refractivity (Wildman–Crippen MR) is 35.8 cm³/mol. The van der Waals surface area contributed by atoms with Crippen LogP contribution in [0.3, 0.4) is 0 Å². The molecule has 2 atom stereocenters. The maximum absolute atomic E-state index is 11.0. The minimum atomic E-state index is -0.344. The lowest BCUT2D eigenvalue weighted by atomic mass is 9.98. The van der Waals surface area contributed by atoms with Crippen molar-refractivity contribution >= 4 is 0 Å². The third-order valence-electron chi connectivity index (χ3n) is 1.88. The highest BCUT2D eigenvalue weighted by Gasteiger charge is 2.24. The van der Waals surface area contributed by atoms with Gasteiger partial charge in [0, 0.05) is 6.04 Å². The molecular formula is C7H14NO. The smallest absolute Gasteiger partial charge is 0.108 e. The molecule has 9 heavy (non-hydrogen) atoms. The van der Waals surface area contributed by atoms with Gasteiger partial charge in [-0.2, -0.15) is 0 Å². The zero-order chi connectivity index (χ0) is 6.69. The van der Waals surface area contributed by atoms with E-state index in [0.717, 1.165) is 25.8 Å². The fraction of sp³-hybridized carbons (Fsp3) is 1.00. The molecule has 1 rings (SSSR count). The van der Waals surface area contributed by atoms with Crippen molar-refractivity contribution in [1.29, 1.82) is 0 Å². The van der Waals surface area contributed by atoms with E-state index in [2.05, 4.69) is 12.2 Å². The molecule has 0 aromatic carbocycles. The van der Waals surface area contributed by atoms with E-state index in [0.29, 0.717) is 6.04 Å². The minimum Gasteiger partial charge on any atom is -0.311 e. The van der Waals surface area contributed by atoms with Crippen molar-refractivity contribution in [3.8, 4) is 0 Å².